The molecule has 0 saturated carbocycles. The summed E-state index contributed by atoms with van der Waals surface area (Å²) >= 11 is 1.01. The van der Waals surface area contributed by atoms with Crippen molar-refractivity contribution >= 4 is 49.0 Å². The summed E-state index contributed by atoms with van der Waals surface area (Å²) in [4.78, 5) is 40.5. The third-order valence-corrected chi connectivity index (χ3v) is 7.87. The molecule has 0 atom stereocenters. The molecule has 2 aromatic heterocycles. The second kappa shape index (κ2) is 6.78. The van der Waals surface area contributed by atoms with E-state index < -0.39 is 27.2 Å². The first-order valence-electron chi connectivity index (χ1n) is 8.78. The molecule has 2 amide bonds. The normalized spacial score (nSPS) is 13.7. The van der Waals surface area contributed by atoms with Gasteiger partial charge in [0.05, 0.1) is 32.8 Å². The number of anilines is 1. The fourth-order valence-electron chi connectivity index (χ4n) is 3.13. The van der Waals surface area contributed by atoms with Crippen LogP contribution in [0.15, 0.2) is 33.4 Å². The summed E-state index contributed by atoms with van der Waals surface area (Å²) in [7, 11) is -3.48. The lowest BCUT2D eigenvalue weighted by Gasteiger charge is -2.11. The standard InChI is InChI=1S/C18H16N4O5S2/c1-2-3-6-29(26,27)18-20-11-5-4-9(7-12(11)28-18)22-13(23)8-10-14(15(22)19)17(25)21-16(10)24/h4-5,7-8H,2-3,6,19H2,1H3,(H,21,24,25). The average molecular weight is 432 g/mol. The molecule has 150 valence electrons. The van der Waals surface area contributed by atoms with Crippen LogP contribution in [0.2, 0.25) is 0 Å². The minimum Gasteiger partial charge on any atom is -0.384 e. The first kappa shape index (κ1) is 19.3. The van der Waals surface area contributed by atoms with Crippen LogP contribution in [0.4, 0.5) is 5.82 Å². The van der Waals surface area contributed by atoms with Gasteiger partial charge in [-0.2, -0.15) is 0 Å². The van der Waals surface area contributed by atoms with E-state index >= 15 is 0 Å². The number of hydrogen-bond donors (Lipinski definition) is 2. The van der Waals surface area contributed by atoms with Crippen LogP contribution >= 0.6 is 11.3 Å². The van der Waals surface area contributed by atoms with Crippen molar-refractivity contribution < 1.29 is 18.0 Å². The molecule has 1 aliphatic rings. The maximum atomic E-state index is 12.6. The van der Waals surface area contributed by atoms with Crippen LogP contribution in [0, 0.1) is 0 Å². The van der Waals surface area contributed by atoms with Crippen LogP contribution in [-0.4, -0.2) is 35.5 Å². The van der Waals surface area contributed by atoms with Crippen LogP contribution in [-0.2, 0) is 9.84 Å². The van der Waals surface area contributed by atoms with Gasteiger partial charge in [-0.25, -0.2) is 13.4 Å². The van der Waals surface area contributed by atoms with Gasteiger partial charge in [-0.05, 0) is 24.6 Å². The summed E-state index contributed by atoms with van der Waals surface area (Å²) in [6.07, 6.45) is 1.30. The van der Waals surface area contributed by atoms with Crippen molar-refractivity contribution in [3.63, 3.8) is 0 Å². The highest BCUT2D eigenvalue weighted by atomic mass is 32.2. The molecule has 0 aliphatic carbocycles. The Labute approximate surface area is 169 Å². The van der Waals surface area contributed by atoms with E-state index in [1.54, 1.807) is 18.2 Å². The Morgan fingerprint density at radius 2 is 1.93 bits per heavy atom. The van der Waals surface area contributed by atoms with Gasteiger partial charge in [0.25, 0.3) is 17.4 Å². The Kier molecular flexibility index (Phi) is 4.50. The van der Waals surface area contributed by atoms with E-state index in [0.29, 0.717) is 22.3 Å². The molecule has 1 aliphatic heterocycles. The van der Waals surface area contributed by atoms with E-state index in [9.17, 15) is 22.8 Å². The molecule has 3 N–H and O–H groups in total. The number of imide groups is 1. The van der Waals surface area contributed by atoms with E-state index in [2.05, 4.69) is 10.3 Å². The van der Waals surface area contributed by atoms with E-state index in [1.807, 2.05) is 6.92 Å². The molecule has 11 heteroatoms. The number of unbranched alkanes of at least 4 members (excludes halogenated alkanes) is 1. The van der Waals surface area contributed by atoms with Gasteiger partial charge in [-0.1, -0.05) is 13.3 Å². The minimum absolute atomic E-state index is 0.0244. The van der Waals surface area contributed by atoms with Crippen molar-refractivity contribution in [3.8, 4) is 5.69 Å². The summed E-state index contributed by atoms with van der Waals surface area (Å²) in [5, 5.41) is 2.11. The molecule has 3 heterocycles. The molecule has 0 spiro atoms. The molecule has 29 heavy (non-hydrogen) atoms. The Morgan fingerprint density at radius 1 is 1.17 bits per heavy atom. The zero-order valence-electron chi connectivity index (χ0n) is 15.3. The lowest BCUT2D eigenvalue weighted by Crippen LogP contribution is -2.24. The predicted molar refractivity (Wildman–Crippen MR) is 108 cm³/mol. The van der Waals surface area contributed by atoms with Crippen molar-refractivity contribution in [2.24, 2.45) is 0 Å². The molecule has 9 nitrogen and oxygen atoms in total. The number of nitrogen functional groups attached to an aromatic ring is 1. The Bertz CT molecular complexity index is 1350. The van der Waals surface area contributed by atoms with Gasteiger partial charge in [-0.3, -0.25) is 24.3 Å². The number of nitrogens with zero attached hydrogens (tertiary/aromatic N) is 2. The number of sulfone groups is 1. The van der Waals surface area contributed by atoms with E-state index in [4.69, 9.17) is 5.73 Å². The van der Waals surface area contributed by atoms with Crippen molar-refractivity contribution in [1.29, 1.82) is 0 Å². The Hall–Kier alpha value is -3.05. The molecular formula is C18H16N4O5S2. The largest absolute Gasteiger partial charge is 0.384 e. The highest BCUT2D eigenvalue weighted by Crippen LogP contribution is 2.30. The third kappa shape index (κ3) is 3.12. The zero-order valence-corrected chi connectivity index (χ0v) is 16.9. The molecule has 4 rings (SSSR count). The number of carbonyl (C=O) groups is 2. The molecule has 3 aromatic rings. The summed E-state index contributed by atoms with van der Waals surface area (Å²) in [5.74, 6) is -1.47. The quantitative estimate of drug-likeness (QED) is 0.582. The van der Waals surface area contributed by atoms with Gasteiger partial charge >= 0.3 is 0 Å². The van der Waals surface area contributed by atoms with Crippen molar-refractivity contribution in [2.45, 2.75) is 24.1 Å². The smallest absolute Gasteiger partial charge is 0.262 e. The first-order valence-corrected chi connectivity index (χ1v) is 11.2. The number of hydrogen-bond acceptors (Lipinski definition) is 8. The molecule has 1 aromatic carbocycles. The monoisotopic (exact) mass is 432 g/mol. The van der Waals surface area contributed by atoms with Crippen molar-refractivity contribution in [3.05, 3.63) is 45.7 Å². The fraction of sp³-hybridized carbons (Fsp3) is 0.222. The predicted octanol–water partition coefficient (Wildman–Crippen LogP) is 1.49. The third-order valence-electron chi connectivity index (χ3n) is 4.60. The number of amides is 2. The van der Waals surface area contributed by atoms with Gasteiger partial charge in [-0.15, -0.1) is 11.3 Å². The molecule has 0 fully saturated rings. The van der Waals surface area contributed by atoms with Crippen LogP contribution < -0.4 is 16.6 Å². The number of carbonyl (C=O) groups excluding carboxylic acids is 2. The van der Waals surface area contributed by atoms with E-state index in [1.165, 1.54) is 0 Å². The summed E-state index contributed by atoms with van der Waals surface area (Å²) in [6.45, 7) is 1.91. The second-order valence-corrected chi connectivity index (χ2v) is 9.89. The maximum absolute atomic E-state index is 12.6. The van der Waals surface area contributed by atoms with Crippen LogP contribution in [0.3, 0.4) is 0 Å². The fourth-order valence-corrected chi connectivity index (χ4v) is 5.97. The molecule has 0 unspecified atom stereocenters. The first-order chi connectivity index (χ1) is 13.7. The summed E-state index contributed by atoms with van der Waals surface area (Å²) < 4.78 is 26.5. The second-order valence-electron chi connectivity index (χ2n) is 6.58. The number of aromatic nitrogens is 2. The van der Waals surface area contributed by atoms with Gasteiger partial charge in [0.15, 0.2) is 0 Å². The van der Waals surface area contributed by atoms with Gasteiger partial charge < -0.3 is 5.73 Å². The SMILES string of the molecule is CCCCS(=O)(=O)c1nc2ccc(-n3c(N)c4c(cc3=O)C(=O)NC4=O)cc2s1. The maximum Gasteiger partial charge on any atom is 0.262 e. The Morgan fingerprint density at radius 3 is 2.66 bits per heavy atom. The molecular weight excluding hydrogens is 416 g/mol. The highest BCUT2D eigenvalue weighted by Gasteiger charge is 2.32. The number of thiazole rings is 1. The zero-order chi connectivity index (χ0) is 20.9. The van der Waals surface area contributed by atoms with Crippen molar-refractivity contribution in [1.82, 2.24) is 14.9 Å². The lowest BCUT2D eigenvalue weighted by molar-refractivity contribution is 0.0880. The Balaban J connectivity index is 1.84. The summed E-state index contributed by atoms with van der Waals surface area (Å²) in [5.41, 5.74) is 6.17. The number of nitrogens with two attached hydrogens (primary N) is 1. The number of fused-ring (bicyclic) bond motifs is 2. The molecule has 0 bridgehead atoms. The number of rotatable bonds is 5. The number of nitrogens with one attached hydrogen (secondary N) is 1. The summed E-state index contributed by atoms with van der Waals surface area (Å²) in [6, 6.07) is 5.79. The molecule has 0 saturated heterocycles. The van der Waals surface area contributed by atoms with Crippen molar-refractivity contribution in [2.75, 3.05) is 11.5 Å². The topological polar surface area (TPSA) is 141 Å². The molecule has 0 radical (unpaired) electrons. The lowest BCUT2D eigenvalue weighted by atomic mass is 10.1. The highest BCUT2D eigenvalue weighted by molar-refractivity contribution is 7.93. The van der Waals surface area contributed by atoms with Gasteiger partial charge in [0.2, 0.25) is 14.2 Å². The minimum atomic E-state index is -3.48. The van der Waals surface area contributed by atoms with Crippen LogP contribution in [0.5, 0.6) is 0 Å². The van der Waals surface area contributed by atoms with Crippen LogP contribution in [0.25, 0.3) is 15.9 Å². The van der Waals surface area contributed by atoms with Gasteiger partial charge in [0, 0.05) is 6.07 Å². The number of benzene rings is 1. The van der Waals surface area contributed by atoms with E-state index in [0.717, 1.165) is 28.4 Å². The van der Waals surface area contributed by atoms with Gasteiger partial charge in [0.1, 0.15) is 5.82 Å². The van der Waals surface area contributed by atoms with E-state index in [-0.39, 0.29) is 27.0 Å². The number of pyridine rings is 1. The van der Waals surface area contributed by atoms with Crippen LogP contribution in [0.1, 0.15) is 40.5 Å². The average Bonchev–Trinajstić information content (AvgIpc) is 3.21.